The van der Waals surface area contributed by atoms with Gasteiger partial charge in [0.25, 0.3) is 5.91 Å². The van der Waals surface area contributed by atoms with Gasteiger partial charge in [0, 0.05) is 18.3 Å². The minimum atomic E-state index is -0.0212. The number of nitrogens with zero attached hydrogens (tertiary/aromatic N) is 2. The number of halogens is 1. The van der Waals surface area contributed by atoms with Crippen molar-refractivity contribution < 1.29 is 4.79 Å². The summed E-state index contributed by atoms with van der Waals surface area (Å²) < 4.78 is 2.81. The summed E-state index contributed by atoms with van der Waals surface area (Å²) in [6, 6.07) is 7.62. The number of nitrogens with one attached hydrogen (secondary N) is 1. The highest BCUT2D eigenvalue weighted by molar-refractivity contribution is 9.10. The van der Waals surface area contributed by atoms with Crippen molar-refractivity contribution in [2.75, 3.05) is 6.54 Å². The quantitative estimate of drug-likeness (QED) is 0.912. The monoisotopic (exact) mass is 335 g/mol. The number of amides is 1. The Morgan fingerprint density at radius 1 is 1.35 bits per heavy atom. The molecule has 4 nitrogen and oxygen atoms in total. The fraction of sp³-hybridized carbons (Fsp3) is 0.333. The molecule has 0 aliphatic heterocycles. The number of carbonyl (C=O) groups is 1. The summed E-state index contributed by atoms with van der Waals surface area (Å²) in [6.45, 7) is 5.54. The number of benzene rings is 1. The zero-order valence-corrected chi connectivity index (χ0v) is 13.2. The summed E-state index contributed by atoms with van der Waals surface area (Å²) in [6.07, 6.45) is 3.68. The molecule has 1 aromatic carbocycles. The van der Waals surface area contributed by atoms with Crippen LogP contribution >= 0.6 is 15.9 Å². The van der Waals surface area contributed by atoms with Crippen LogP contribution in [0.2, 0.25) is 0 Å². The van der Waals surface area contributed by atoms with Crippen LogP contribution in [-0.4, -0.2) is 22.2 Å². The zero-order chi connectivity index (χ0) is 14.5. The van der Waals surface area contributed by atoms with Gasteiger partial charge in [-0.3, -0.25) is 9.48 Å². The van der Waals surface area contributed by atoms with Gasteiger partial charge in [-0.05, 0) is 39.5 Å². The van der Waals surface area contributed by atoms with Crippen LogP contribution in [0.15, 0.2) is 41.1 Å². The normalized spacial score (nSPS) is 10.8. The Labute approximate surface area is 127 Å². The van der Waals surface area contributed by atoms with Crippen molar-refractivity contribution in [3.8, 4) is 0 Å². The SMILES string of the molecule is CC(C)CNC(=O)c1ccc(Cn2cc(Br)cn2)cc1. The second-order valence-electron chi connectivity index (χ2n) is 5.16. The third kappa shape index (κ3) is 4.20. The van der Waals surface area contributed by atoms with E-state index in [9.17, 15) is 4.79 Å². The Morgan fingerprint density at radius 2 is 2.05 bits per heavy atom. The molecule has 2 rings (SSSR count). The van der Waals surface area contributed by atoms with Gasteiger partial charge in [-0.1, -0.05) is 26.0 Å². The van der Waals surface area contributed by atoms with Gasteiger partial charge in [0.1, 0.15) is 0 Å². The minimum Gasteiger partial charge on any atom is -0.352 e. The number of carbonyl (C=O) groups excluding carboxylic acids is 1. The fourth-order valence-corrected chi connectivity index (χ4v) is 2.10. The summed E-state index contributed by atoms with van der Waals surface area (Å²) in [7, 11) is 0. The van der Waals surface area contributed by atoms with E-state index < -0.39 is 0 Å². The van der Waals surface area contributed by atoms with Crippen molar-refractivity contribution in [2.24, 2.45) is 5.92 Å². The van der Waals surface area contributed by atoms with Crippen LogP contribution in [0.1, 0.15) is 29.8 Å². The van der Waals surface area contributed by atoms with Crippen molar-refractivity contribution in [1.82, 2.24) is 15.1 Å². The van der Waals surface area contributed by atoms with Crippen molar-refractivity contribution in [3.63, 3.8) is 0 Å². The van der Waals surface area contributed by atoms with E-state index in [1.54, 1.807) is 6.20 Å². The summed E-state index contributed by atoms with van der Waals surface area (Å²) >= 11 is 3.37. The molecule has 0 fully saturated rings. The first-order valence-electron chi connectivity index (χ1n) is 6.59. The minimum absolute atomic E-state index is 0.0212. The largest absolute Gasteiger partial charge is 0.352 e. The molecule has 0 atom stereocenters. The smallest absolute Gasteiger partial charge is 0.251 e. The second-order valence-corrected chi connectivity index (χ2v) is 6.07. The molecule has 0 bridgehead atoms. The topological polar surface area (TPSA) is 46.9 Å². The predicted octanol–water partition coefficient (Wildman–Crippen LogP) is 3.08. The Kier molecular flexibility index (Phi) is 4.95. The van der Waals surface area contributed by atoms with E-state index in [1.807, 2.05) is 35.1 Å². The van der Waals surface area contributed by atoms with E-state index in [2.05, 4.69) is 40.2 Å². The summed E-state index contributed by atoms with van der Waals surface area (Å²) in [5, 5.41) is 7.12. The first-order valence-corrected chi connectivity index (χ1v) is 7.39. The van der Waals surface area contributed by atoms with Gasteiger partial charge in [-0.2, -0.15) is 5.10 Å². The molecule has 0 saturated heterocycles. The summed E-state index contributed by atoms with van der Waals surface area (Å²) in [5.41, 5.74) is 1.80. The molecule has 20 heavy (non-hydrogen) atoms. The molecule has 0 aliphatic carbocycles. The standard InChI is InChI=1S/C15H18BrN3O/c1-11(2)7-17-15(20)13-5-3-12(4-6-13)9-19-10-14(16)8-18-19/h3-6,8,10-11H,7,9H2,1-2H3,(H,17,20). The molecular weight excluding hydrogens is 318 g/mol. The molecule has 1 N–H and O–H groups in total. The molecule has 0 saturated carbocycles. The molecular formula is C15H18BrN3O. The molecule has 0 unspecified atom stereocenters. The highest BCUT2D eigenvalue weighted by Crippen LogP contribution is 2.10. The van der Waals surface area contributed by atoms with Crippen LogP contribution < -0.4 is 5.32 Å². The Morgan fingerprint density at radius 3 is 2.60 bits per heavy atom. The van der Waals surface area contributed by atoms with Crippen LogP contribution in [-0.2, 0) is 6.54 Å². The lowest BCUT2D eigenvalue weighted by molar-refractivity contribution is 0.0949. The number of aromatic nitrogens is 2. The van der Waals surface area contributed by atoms with E-state index in [0.29, 0.717) is 24.6 Å². The van der Waals surface area contributed by atoms with E-state index in [-0.39, 0.29) is 5.91 Å². The van der Waals surface area contributed by atoms with E-state index in [0.717, 1.165) is 10.0 Å². The molecule has 1 aromatic heterocycles. The molecule has 106 valence electrons. The average Bonchev–Trinajstić information content (AvgIpc) is 2.82. The number of rotatable bonds is 5. The predicted molar refractivity (Wildman–Crippen MR) is 82.6 cm³/mol. The fourth-order valence-electron chi connectivity index (χ4n) is 1.77. The molecule has 0 radical (unpaired) electrons. The Hall–Kier alpha value is -1.62. The maximum Gasteiger partial charge on any atom is 0.251 e. The van der Waals surface area contributed by atoms with Gasteiger partial charge in [-0.25, -0.2) is 0 Å². The first-order chi connectivity index (χ1) is 9.54. The maximum absolute atomic E-state index is 11.9. The van der Waals surface area contributed by atoms with Crippen LogP contribution in [0, 0.1) is 5.92 Å². The highest BCUT2D eigenvalue weighted by Gasteiger charge is 2.06. The highest BCUT2D eigenvalue weighted by atomic mass is 79.9. The first kappa shape index (κ1) is 14.8. The van der Waals surface area contributed by atoms with Crippen molar-refractivity contribution in [1.29, 1.82) is 0 Å². The molecule has 0 spiro atoms. The van der Waals surface area contributed by atoms with Crippen molar-refractivity contribution >= 4 is 21.8 Å². The van der Waals surface area contributed by atoms with Crippen molar-refractivity contribution in [3.05, 3.63) is 52.3 Å². The van der Waals surface area contributed by atoms with Crippen molar-refractivity contribution in [2.45, 2.75) is 20.4 Å². The Bertz CT molecular complexity index is 575. The molecule has 1 heterocycles. The van der Waals surface area contributed by atoms with Gasteiger partial charge in [-0.15, -0.1) is 0 Å². The van der Waals surface area contributed by atoms with E-state index in [1.165, 1.54) is 0 Å². The van der Waals surface area contributed by atoms with Crippen LogP contribution in [0.3, 0.4) is 0 Å². The second kappa shape index (κ2) is 6.70. The van der Waals surface area contributed by atoms with Gasteiger partial charge < -0.3 is 5.32 Å². The molecule has 0 aliphatic rings. The van der Waals surface area contributed by atoms with Gasteiger partial charge >= 0.3 is 0 Å². The zero-order valence-electron chi connectivity index (χ0n) is 11.6. The third-order valence-electron chi connectivity index (χ3n) is 2.83. The summed E-state index contributed by atoms with van der Waals surface area (Å²) in [5.74, 6) is 0.434. The lowest BCUT2D eigenvalue weighted by Gasteiger charge is -2.08. The van der Waals surface area contributed by atoms with E-state index in [4.69, 9.17) is 0 Å². The Balaban J connectivity index is 1.97. The number of hydrogen-bond donors (Lipinski definition) is 1. The van der Waals surface area contributed by atoms with Crippen LogP contribution in [0.4, 0.5) is 0 Å². The maximum atomic E-state index is 11.9. The average molecular weight is 336 g/mol. The van der Waals surface area contributed by atoms with Gasteiger partial charge in [0.05, 0.1) is 17.2 Å². The molecule has 1 amide bonds. The third-order valence-corrected chi connectivity index (χ3v) is 3.24. The molecule has 2 aromatic rings. The van der Waals surface area contributed by atoms with Gasteiger partial charge in [0.2, 0.25) is 0 Å². The summed E-state index contributed by atoms with van der Waals surface area (Å²) in [4.78, 5) is 11.9. The lowest BCUT2D eigenvalue weighted by atomic mass is 10.1. The molecule has 5 heteroatoms. The van der Waals surface area contributed by atoms with Crippen LogP contribution in [0.25, 0.3) is 0 Å². The van der Waals surface area contributed by atoms with E-state index >= 15 is 0 Å². The lowest BCUT2D eigenvalue weighted by Crippen LogP contribution is -2.27. The van der Waals surface area contributed by atoms with Crippen LogP contribution in [0.5, 0.6) is 0 Å². The van der Waals surface area contributed by atoms with Gasteiger partial charge in [0.15, 0.2) is 0 Å². The number of hydrogen-bond acceptors (Lipinski definition) is 2.